The summed E-state index contributed by atoms with van der Waals surface area (Å²) >= 11 is 0. The van der Waals surface area contributed by atoms with Crippen molar-refractivity contribution in [1.82, 2.24) is 0 Å². The Morgan fingerprint density at radius 3 is 0.950 bits per heavy atom. The van der Waals surface area contributed by atoms with E-state index in [2.05, 4.69) is 0 Å². The molecule has 0 saturated heterocycles. The van der Waals surface area contributed by atoms with Gasteiger partial charge in [-0.2, -0.15) is 0 Å². The molecule has 0 aliphatic carbocycles. The molecule has 0 saturated carbocycles. The Morgan fingerprint density at radius 2 is 0.750 bits per heavy atom. The number of hydrogen-bond donors (Lipinski definition) is 0. The summed E-state index contributed by atoms with van der Waals surface area (Å²) in [6.45, 7) is 0. The fraction of sp³-hybridized carbons (Fsp3) is 0. The molecule has 0 spiro atoms. The smallest absolute Gasteiger partial charge is 0 e. The van der Waals surface area contributed by atoms with Gasteiger partial charge in [-0.1, -0.05) is 0 Å². The van der Waals surface area contributed by atoms with E-state index in [1.165, 1.54) is 0 Å². The van der Waals surface area contributed by atoms with Gasteiger partial charge in [-0.3, -0.25) is 0 Å². The Morgan fingerprint density at radius 1 is 0.450 bits per heavy atom. The Labute approximate surface area is 165 Å². The molecule has 0 unspecified atom stereocenters. The van der Waals surface area contributed by atoms with Gasteiger partial charge >= 0.3 is 0 Å². The van der Waals surface area contributed by atoms with Gasteiger partial charge in [0.05, 0.1) is 0 Å². The Kier molecular flexibility index (Phi) is 14.4. The van der Waals surface area contributed by atoms with Crippen LogP contribution in [-0.4, -0.2) is 136 Å². The molecule has 0 atom stereocenters. The predicted molar refractivity (Wildman–Crippen MR) is 109 cm³/mol. The SMILES string of the molecule is [B]B([B])B([B]B(B([B])[B])B(B([B])[B])B([B])[B])B([B])[B].[U]. The first kappa shape index (κ1) is 24.5. The van der Waals surface area contributed by atoms with Crippen molar-refractivity contribution >= 4 is 136 Å². The number of rotatable bonds is 8. The van der Waals surface area contributed by atoms with Gasteiger partial charge in [-0.05, 0) is 0 Å². The minimum absolute atomic E-state index is 0. The predicted octanol–water partition coefficient (Wildman–Crippen LogP) is -7.24. The van der Waals surface area contributed by atoms with E-state index in [0.717, 1.165) is 0 Å². The molecule has 0 rings (SSSR count). The monoisotopic (exact) mass is 447 g/mol. The fourth-order valence-electron chi connectivity index (χ4n) is 2.05. The van der Waals surface area contributed by atoms with Gasteiger partial charge in [-0.25, -0.2) is 0 Å². The van der Waals surface area contributed by atoms with Gasteiger partial charge in [0.1, 0.15) is 0 Å². The van der Waals surface area contributed by atoms with E-state index in [1.54, 1.807) is 7.06 Å². The van der Waals surface area contributed by atoms with E-state index in [-0.39, 0.29) is 31.1 Å². The second-order valence-corrected chi connectivity index (χ2v) is 4.81. The zero-order valence-corrected chi connectivity index (χ0v) is 15.6. The molecular formula is B19U. The maximum Gasteiger partial charge on any atom is 0 e. The van der Waals surface area contributed by atoms with Crippen molar-refractivity contribution in [3.05, 3.63) is 0 Å². The van der Waals surface area contributed by atoms with Crippen LogP contribution >= 0.6 is 0 Å². The maximum absolute atomic E-state index is 5.72. The fourth-order valence-corrected chi connectivity index (χ4v) is 2.05. The van der Waals surface area contributed by atoms with Crippen LogP contribution in [0.4, 0.5) is 0 Å². The van der Waals surface area contributed by atoms with Gasteiger partial charge in [0.2, 0.25) is 0 Å². The van der Waals surface area contributed by atoms with E-state index in [4.69, 9.17) is 77.4 Å². The first-order valence-electron chi connectivity index (χ1n) is 6.00. The molecule has 0 aliphatic rings. The number of hydrogen-bond acceptors (Lipinski definition) is 0. The summed E-state index contributed by atoms with van der Waals surface area (Å²) in [7, 11) is 58.2. The van der Waals surface area contributed by atoms with Crippen LogP contribution in [-0.2, 0) is 0 Å². The minimum Gasteiger partial charge on any atom is 0 e. The molecule has 0 nitrogen and oxygen atoms in total. The van der Waals surface area contributed by atoms with Crippen LogP contribution in [0.5, 0.6) is 0 Å². The van der Waals surface area contributed by atoms with E-state index in [9.17, 15) is 0 Å². The first-order chi connectivity index (χ1) is 8.59. The normalized spacial score (nSPS) is 8.60. The molecule has 21 radical (unpaired) electrons. The van der Waals surface area contributed by atoms with Crippen molar-refractivity contribution in [2.24, 2.45) is 0 Å². The Hall–Kier alpha value is 2.29. The third-order valence-electron chi connectivity index (χ3n) is 3.11. The van der Waals surface area contributed by atoms with Gasteiger partial charge in [0, 0.05) is 167 Å². The molecule has 61 valence electrons. The average molecular weight is 443 g/mol. The molecule has 0 aromatic heterocycles. The van der Waals surface area contributed by atoms with Crippen molar-refractivity contribution in [3.63, 3.8) is 0 Å². The van der Waals surface area contributed by atoms with E-state index in [1.807, 2.05) is 0 Å². The molecule has 20 heavy (non-hydrogen) atoms. The minimum atomic E-state index is -0.806. The summed E-state index contributed by atoms with van der Waals surface area (Å²) in [5.74, 6) is 0. The van der Waals surface area contributed by atoms with Crippen molar-refractivity contribution in [1.29, 1.82) is 0 Å². The van der Waals surface area contributed by atoms with Crippen molar-refractivity contribution in [2.75, 3.05) is 0 Å². The Balaban J connectivity index is 0. The second kappa shape index (κ2) is 11.8. The van der Waals surface area contributed by atoms with Crippen molar-refractivity contribution < 1.29 is 31.1 Å². The summed E-state index contributed by atoms with van der Waals surface area (Å²) in [5.41, 5.74) is 0. The zero-order chi connectivity index (χ0) is 15.3. The van der Waals surface area contributed by atoms with Crippen molar-refractivity contribution in [3.8, 4) is 0 Å². The van der Waals surface area contributed by atoms with Crippen LogP contribution in [0.15, 0.2) is 0 Å². The standard InChI is InChI=1S/B19.U/c1-12(2)17(13(3)4)11-18(14(5)6)19(15(7)8)16(9)10;. The maximum atomic E-state index is 5.72. The largest absolute Gasteiger partial charge is 0 e. The van der Waals surface area contributed by atoms with E-state index in [0.29, 0.717) is 0 Å². The molecule has 0 N–H and O–H groups in total. The molecule has 0 amide bonds. The van der Waals surface area contributed by atoms with Crippen LogP contribution < -0.4 is 0 Å². The van der Waals surface area contributed by atoms with Crippen molar-refractivity contribution in [2.45, 2.75) is 0 Å². The quantitative estimate of drug-likeness (QED) is 0.327. The van der Waals surface area contributed by atoms with E-state index < -0.39 is 51.1 Å². The summed E-state index contributed by atoms with van der Waals surface area (Å²) in [5, 5.41) is 0. The third-order valence-corrected chi connectivity index (χ3v) is 3.11. The van der Waals surface area contributed by atoms with Crippen LogP contribution in [0.25, 0.3) is 0 Å². The van der Waals surface area contributed by atoms with Crippen LogP contribution in [0.1, 0.15) is 0 Å². The molecule has 0 aliphatic heterocycles. The van der Waals surface area contributed by atoms with E-state index >= 15 is 0 Å². The first-order valence-corrected chi connectivity index (χ1v) is 6.00. The molecule has 0 fully saturated rings. The molecule has 0 aromatic carbocycles. The average Bonchev–Trinajstić information content (AvgIpc) is 2.20. The van der Waals surface area contributed by atoms with Gasteiger partial charge in [0.25, 0.3) is 0 Å². The van der Waals surface area contributed by atoms with Gasteiger partial charge < -0.3 is 0 Å². The molecule has 20 heteroatoms. The molecule has 0 aromatic rings. The zero-order valence-electron chi connectivity index (χ0n) is 11.5. The van der Waals surface area contributed by atoms with Gasteiger partial charge in [-0.15, -0.1) is 0 Å². The summed E-state index contributed by atoms with van der Waals surface area (Å²) in [6, 6.07) is 0. The molecular weight excluding hydrogens is 443 g/mol. The third kappa shape index (κ3) is 8.23. The van der Waals surface area contributed by atoms with Crippen LogP contribution in [0.3, 0.4) is 0 Å². The van der Waals surface area contributed by atoms with Crippen LogP contribution in [0, 0.1) is 31.1 Å². The Bertz CT molecular complexity index is 212. The summed E-state index contributed by atoms with van der Waals surface area (Å²) < 4.78 is 0. The molecule has 0 heterocycles. The second-order valence-electron chi connectivity index (χ2n) is 4.81. The molecule has 0 bridgehead atoms. The van der Waals surface area contributed by atoms with Gasteiger partial charge in [0.15, 0.2) is 0 Å². The summed E-state index contributed by atoms with van der Waals surface area (Å²) in [6.07, 6.45) is -5.56. The van der Waals surface area contributed by atoms with Crippen LogP contribution in [0.2, 0.25) is 0 Å². The topological polar surface area (TPSA) is 0 Å². The summed E-state index contributed by atoms with van der Waals surface area (Å²) in [4.78, 5) is 0.